The first-order chi connectivity index (χ1) is 11.0. The quantitative estimate of drug-likeness (QED) is 0.592. The average molecular weight is 388 g/mol. The van der Waals surface area contributed by atoms with E-state index in [1.54, 1.807) is 0 Å². The lowest BCUT2D eigenvalue weighted by atomic mass is 10.1. The molecule has 2 aromatic carbocycles. The predicted octanol–water partition coefficient (Wildman–Crippen LogP) is 6.02. The highest BCUT2D eigenvalue weighted by molar-refractivity contribution is 9.10. The maximum atomic E-state index is 12.7. The molecule has 0 saturated heterocycles. The summed E-state index contributed by atoms with van der Waals surface area (Å²) in [4.78, 5) is 1.95. The van der Waals surface area contributed by atoms with E-state index in [1.165, 1.54) is 6.07 Å². The third-order valence-electron chi connectivity index (χ3n) is 3.29. The van der Waals surface area contributed by atoms with Crippen LogP contribution in [0.25, 0.3) is 0 Å². The Bertz CT molecular complexity index is 673. The van der Waals surface area contributed by atoms with Gasteiger partial charge in [0.1, 0.15) is 12.4 Å². The smallest absolute Gasteiger partial charge is 0.416 e. The average Bonchev–Trinajstić information content (AvgIpc) is 2.55. The molecule has 1 aliphatic heterocycles. The summed E-state index contributed by atoms with van der Waals surface area (Å²) in [6, 6.07) is 11.2. The number of alkyl halides is 3. The molecule has 0 spiro atoms. The van der Waals surface area contributed by atoms with Crippen LogP contribution in [0, 0.1) is 0 Å². The van der Waals surface area contributed by atoms with E-state index in [4.69, 9.17) is 4.74 Å². The van der Waals surface area contributed by atoms with Crippen LogP contribution in [-0.2, 0) is 6.18 Å². The normalized spacial score (nSPS) is 13.6. The van der Waals surface area contributed by atoms with E-state index in [1.807, 2.05) is 43.0 Å². The van der Waals surface area contributed by atoms with E-state index in [0.717, 1.165) is 23.6 Å². The third-order valence-corrected chi connectivity index (χ3v) is 3.93. The summed E-state index contributed by atoms with van der Waals surface area (Å²) < 4.78 is 44.1. The number of anilines is 2. The van der Waals surface area contributed by atoms with Crippen molar-refractivity contribution >= 4 is 27.3 Å². The monoisotopic (exact) mass is 387 g/mol. The first kappa shape index (κ1) is 17.7. The summed E-state index contributed by atoms with van der Waals surface area (Å²) in [6.07, 6.45) is -4.34. The molecule has 0 unspecified atom stereocenters. The number of ether oxygens (including phenoxy) is 1. The van der Waals surface area contributed by atoms with Crippen molar-refractivity contribution in [3.8, 4) is 5.75 Å². The number of rotatable bonds is 1. The van der Waals surface area contributed by atoms with Gasteiger partial charge in [0.15, 0.2) is 0 Å². The Morgan fingerprint density at radius 2 is 1.74 bits per heavy atom. The number of hydrogen-bond donors (Lipinski definition) is 0. The molecule has 2 aromatic rings. The van der Waals surface area contributed by atoms with Crippen LogP contribution in [0.4, 0.5) is 24.5 Å². The molecule has 23 heavy (non-hydrogen) atoms. The van der Waals surface area contributed by atoms with Crippen molar-refractivity contribution in [3.05, 3.63) is 52.5 Å². The van der Waals surface area contributed by atoms with E-state index < -0.39 is 11.7 Å². The maximum absolute atomic E-state index is 12.7. The Labute approximate surface area is 142 Å². The molecule has 0 saturated carbocycles. The number of fused-ring (bicyclic) bond motifs is 1. The van der Waals surface area contributed by atoms with Crippen molar-refractivity contribution in [1.29, 1.82) is 0 Å². The van der Waals surface area contributed by atoms with Crippen LogP contribution in [-0.4, -0.2) is 13.2 Å². The highest BCUT2D eigenvalue weighted by Gasteiger charge is 2.31. The summed E-state index contributed by atoms with van der Waals surface area (Å²) >= 11 is 3.24. The Balaban J connectivity index is 0.000000924. The van der Waals surface area contributed by atoms with Crippen LogP contribution in [0.5, 0.6) is 5.75 Å². The third kappa shape index (κ3) is 3.80. The second-order valence-corrected chi connectivity index (χ2v) is 5.49. The fourth-order valence-electron chi connectivity index (χ4n) is 2.32. The van der Waals surface area contributed by atoms with E-state index in [-0.39, 0.29) is 0 Å². The molecule has 0 N–H and O–H groups in total. The van der Waals surface area contributed by atoms with E-state index >= 15 is 0 Å². The number of para-hydroxylation sites is 2. The Morgan fingerprint density at radius 1 is 1.04 bits per heavy atom. The molecule has 0 aromatic heterocycles. The lowest BCUT2D eigenvalue weighted by Crippen LogP contribution is -2.28. The zero-order valence-electron chi connectivity index (χ0n) is 12.8. The SMILES string of the molecule is CC.FC(F)(F)c1ccc(N2CCOc3ccccc32)c(Br)c1. The first-order valence-corrected chi connectivity index (χ1v) is 8.12. The van der Waals surface area contributed by atoms with Gasteiger partial charge in [-0.3, -0.25) is 0 Å². The van der Waals surface area contributed by atoms with E-state index in [9.17, 15) is 13.2 Å². The molecule has 0 aliphatic carbocycles. The highest BCUT2D eigenvalue weighted by Crippen LogP contribution is 2.41. The van der Waals surface area contributed by atoms with Crippen LogP contribution in [0.15, 0.2) is 46.9 Å². The van der Waals surface area contributed by atoms with Crippen LogP contribution in [0.1, 0.15) is 19.4 Å². The number of hydrogen-bond acceptors (Lipinski definition) is 2. The highest BCUT2D eigenvalue weighted by atomic mass is 79.9. The predicted molar refractivity (Wildman–Crippen MR) is 89.4 cm³/mol. The van der Waals surface area contributed by atoms with Crippen LogP contribution in [0.2, 0.25) is 0 Å². The van der Waals surface area contributed by atoms with Gasteiger partial charge in [0.05, 0.1) is 23.5 Å². The molecule has 1 aliphatic rings. The minimum absolute atomic E-state index is 0.411. The first-order valence-electron chi connectivity index (χ1n) is 7.33. The molecule has 0 amide bonds. The van der Waals surface area contributed by atoms with Crippen molar-refractivity contribution < 1.29 is 17.9 Å². The van der Waals surface area contributed by atoms with Crippen molar-refractivity contribution in [2.24, 2.45) is 0 Å². The van der Waals surface area contributed by atoms with Gasteiger partial charge in [-0.1, -0.05) is 26.0 Å². The van der Waals surface area contributed by atoms with Crippen molar-refractivity contribution in [3.63, 3.8) is 0 Å². The molecule has 2 nitrogen and oxygen atoms in total. The Hall–Kier alpha value is -1.69. The molecule has 1 heterocycles. The molecule has 0 bridgehead atoms. The summed E-state index contributed by atoms with van der Waals surface area (Å²) in [5.41, 5.74) is 0.877. The second kappa shape index (κ2) is 7.25. The molecule has 0 atom stereocenters. The maximum Gasteiger partial charge on any atom is 0.416 e. The van der Waals surface area contributed by atoms with Gasteiger partial charge in [0, 0.05) is 4.47 Å². The standard InChI is InChI=1S/C15H11BrF3NO.C2H6/c16-11-9-10(15(17,18)19)5-6-12(11)20-7-8-21-14-4-2-1-3-13(14)20;1-2/h1-6,9H,7-8H2;1-2H3. The summed E-state index contributed by atoms with van der Waals surface area (Å²) in [5.74, 6) is 0.732. The summed E-state index contributed by atoms with van der Waals surface area (Å²) in [6.45, 7) is 5.07. The fourth-order valence-corrected chi connectivity index (χ4v) is 2.91. The summed E-state index contributed by atoms with van der Waals surface area (Å²) in [5, 5.41) is 0. The number of halogens is 4. The van der Waals surface area contributed by atoms with E-state index in [0.29, 0.717) is 23.3 Å². The van der Waals surface area contributed by atoms with Gasteiger partial charge in [-0.15, -0.1) is 0 Å². The molecule has 0 radical (unpaired) electrons. The number of benzene rings is 2. The topological polar surface area (TPSA) is 12.5 Å². The zero-order chi connectivity index (χ0) is 17.0. The Kier molecular flexibility index (Phi) is 5.57. The van der Waals surface area contributed by atoms with Crippen LogP contribution in [0.3, 0.4) is 0 Å². The van der Waals surface area contributed by atoms with Gasteiger partial charge in [-0.25, -0.2) is 0 Å². The van der Waals surface area contributed by atoms with E-state index in [2.05, 4.69) is 15.9 Å². The molecule has 0 fully saturated rings. The van der Waals surface area contributed by atoms with Crippen LogP contribution < -0.4 is 9.64 Å². The Morgan fingerprint density at radius 3 is 2.39 bits per heavy atom. The van der Waals surface area contributed by atoms with Gasteiger partial charge in [-0.2, -0.15) is 13.2 Å². The zero-order valence-corrected chi connectivity index (χ0v) is 14.4. The molecular weight excluding hydrogens is 371 g/mol. The molecule has 124 valence electrons. The van der Waals surface area contributed by atoms with Crippen LogP contribution >= 0.6 is 15.9 Å². The minimum Gasteiger partial charge on any atom is -0.490 e. The number of nitrogens with zero attached hydrogens (tertiary/aromatic N) is 1. The van der Waals surface area contributed by atoms with Crippen molar-refractivity contribution in [2.75, 3.05) is 18.1 Å². The summed E-state index contributed by atoms with van der Waals surface area (Å²) in [7, 11) is 0. The molecular formula is C17H17BrF3NO. The lowest BCUT2D eigenvalue weighted by Gasteiger charge is -2.32. The van der Waals surface area contributed by atoms with Gasteiger partial charge < -0.3 is 9.64 Å². The second-order valence-electron chi connectivity index (χ2n) is 4.63. The van der Waals surface area contributed by atoms with Gasteiger partial charge in [0.2, 0.25) is 0 Å². The van der Waals surface area contributed by atoms with Gasteiger partial charge >= 0.3 is 6.18 Å². The van der Waals surface area contributed by atoms with Gasteiger partial charge in [0.25, 0.3) is 0 Å². The molecule has 6 heteroatoms. The largest absolute Gasteiger partial charge is 0.490 e. The van der Waals surface area contributed by atoms with Crippen molar-refractivity contribution in [2.45, 2.75) is 20.0 Å². The fraction of sp³-hybridized carbons (Fsp3) is 0.294. The van der Waals surface area contributed by atoms with Gasteiger partial charge in [-0.05, 0) is 46.3 Å². The van der Waals surface area contributed by atoms with Crippen molar-refractivity contribution in [1.82, 2.24) is 0 Å². The lowest BCUT2D eigenvalue weighted by molar-refractivity contribution is -0.137. The molecule has 3 rings (SSSR count). The minimum atomic E-state index is -4.34.